The van der Waals surface area contributed by atoms with Crippen molar-refractivity contribution in [2.75, 3.05) is 0 Å². The topological polar surface area (TPSA) is 74.7 Å². The average Bonchev–Trinajstić information content (AvgIpc) is 3.43. The molecular formula is C34H37FN4O. The molecule has 1 saturated carbocycles. The Morgan fingerprint density at radius 3 is 2.20 bits per heavy atom. The van der Waals surface area contributed by atoms with E-state index in [-0.39, 0.29) is 5.82 Å². The van der Waals surface area contributed by atoms with Crippen molar-refractivity contribution in [1.82, 2.24) is 19.9 Å². The molecule has 1 fully saturated rings. The van der Waals surface area contributed by atoms with E-state index in [0.29, 0.717) is 28.6 Å². The van der Waals surface area contributed by atoms with Crippen LogP contribution in [0.25, 0.3) is 45.1 Å². The Morgan fingerprint density at radius 1 is 0.875 bits per heavy atom. The number of hydrogen-bond acceptors (Lipinski definition) is 4. The number of nitrogens with one attached hydrogen (secondary N) is 1. The highest BCUT2D eigenvalue weighted by Gasteiger charge is 2.16. The van der Waals surface area contributed by atoms with Gasteiger partial charge in [-0.05, 0) is 73.2 Å². The normalized spacial score (nSPS) is 13.1. The van der Waals surface area contributed by atoms with Gasteiger partial charge in [-0.15, -0.1) is 0 Å². The predicted molar refractivity (Wildman–Crippen MR) is 163 cm³/mol. The molecule has 5 nitrogen and oxygen atoms in total. The molecule has 1 aliphatic rings. The summed E-state index contributed by atoms with van der Waals surface area (Å²) in [6, 6.07) is 21.8. The van der Waals surface area contributed by atoms with Gasteiger partial charge in [0, 0.05) is 22.9 Å². The summed E-state index contributed by atoms with van der Waals surface area (Å²) in [7, 11) is 0. The second-order valence-electron chi connectivity index (χ2n) is 9.71. The highest BCUT2D eigenvalue weighted by Crippen LogP contribution is 2.33. The Morgan fingerprint density at radius 2 is 1.55 bits per heavy atom. The summed E-state index contributed by atoms with van der Waals surface area (Å²) in [6.45, 7) is 8.79. The smallest absolute Gasteiger partial charge is 0.178 e. The first-order valence-electron chi connectivity index (χ1n) is 14.0. The van der Waals surface area contributed by atoms with Crippen LogP contribution < -0.4 is 0 Å². The number of aliphatic hydroxyl groups is 1. The van der Waals surface area contributed by atoms with Crippen molar-refractivity contribution >= 4 is 11.2 Å². The van der Waals surface area contributed by atoms with E-state index in [1.807, 2.05) is 57.3 Å². The fourth-order valence-electron chi connectivity index (χ4n) is 5.07. The van der Waals surface area contributed by atoms with Crippen LogP contribution in [0.5, 0.6) is 0 Å². The summed E-state index contributed by atoms with van der Waals surface area (Å²) in [5.74, 6) is 1.12. The lowest BCUT2D eigenvalue weighted by molar-refractivity contribution is 0.443. The van der Waals surface area contributed by atoms with Crippen molar-refractivity contribution in [2.24, 2.45) is 0 Å². The Balaban J connectivity index is 0.000000695. The van der Waals surface area contributed by atoms with Gasteiger partial charge in [0.2, 0.25) is 0 Å². The Hall–Kier alpha value is -4.32. The fraction of sp³-hybridized carbons (Fsp3) is 0.265. The number of pyridine rings is 2. The number of halogens is 1. The van der Waals surface area contributed by atoms with Crippen molar-refractivity contribution < 1.29 is 9.50 Å². The quantitative estimate of drug-likeness (QED) is 0.224. The van der Waals surface area contributed by atoms with E-state index >= 15 is 0 Å². The van der Waals surface area contributed by atoms with Gasteiger partial charge < -0.3 is 10.1 Å². The van der Waals surface area contributed by atoms with Crippen LogP contribution in [0.3, 0.4) is 0 Å². The van der Waals surface area contributed by atoms with Crippen LogP contribution in [0.1, 0.15) is 63.0 Å². The first-order valence-corrected chi connectivity index (χ1v) is 14.0. The Kier molecular flexibility index (Phi) is 9.79. The second kappa shape index (κ2) is 13.7. The first kappa shape index (κ1) is 28.7. The van der Waals surface area contributed by atoms with Crippen LogP contribution in [0.2, 0.25) is 0 Å². The predicted octanol–water partition coefficient (Wildman–Crippen LogP) is 9.56. The molecule has 0 amide bonds. The van der Waals surface area contributed by atoms with E-state index in [4.69, 9.17) is 10.1 Å². The molecule has 0 atom stereocenters. The number of fused-ring (bicyclic) bond motifs is 1. The van der Waals surface area contributed by atoms with E-state index in [1.165, 1.54) is 43.7 Å². The number of benzene rings is 2. The number of imidazole rings is 1. The maximum atomic E-state index is 14.4. The number of aromatic amines is 1. The molecule has 3 aromatic heterocycles. The van der Waals surface area contributed by atoms with E-state index in [0.717, 1.165) is 34.2 Å². The van der Waals surface area contributed by atoms with E-state index < -0.39 is 0 Å². The molecule has 0 bridgehead atoms. The van der Waals surface area contributed by atoms with Crippen molar-refractivity contribution in [2.45, 2.75) is 58.8 Å². The number of rotatable bonds is 4. The van der Waals surface area contributed by atoms with Gasteiger partial charge >= 0.3 is 0 Å². The van der Waals surface area contributed by atoms with E-state index in [9.17, 15) is 4.39 Å². The van der Waals surface area contributed by atoms with Gasteiger partial charge in [0.15, 0.2) is 5.65 Å². The minimum Gasteiger partial charge on any atom is -0.516 e. The number of H-pyrrole nitrogens is 1. The molecule has 6 rings (SSSR count). The Labute approximate surface area is 235 Å². The minimum absolute atomic E-state index is 0.279. The largest absolute Gasteiger partial charge is 0.516 e. The molecule has 2 aromatic carbocycles. The molecule has 0 radical (unpaired) electrons. The SMILES string of the molecule is C=CO.CC.Cc1ccc(-c2ccc3[nH]c(-c4ccc(-c5ccc(C6CCCCC6)cc5)nc4)nc3n2)c(F)c1. The summed E-state index contributed by atoms with van der Waals surface area (Å²) in [6.07, 6.45) is 9.26. The van der Waals surface area contributed by atoms with Gasteiger partial charge in [-0.2, -0.15) is 0 Å². The van der Waals surface area contributed by atoms with Gasteiger partial charge in [0.25, 0.3) is 0 Å². The summed E-state index contributed by atoms with van der Waals surface area (Å²) >= 11 is 0. The van der Waals surface area contributed by atoms with Crippen LogP contribution >= 0.6 is 0 Å². The van der Waals surface area contributed by atoms with Crippen LogP contribution in [0.15, 0.2) is 85.8 Å². The minimum atomic E-state index is -0.279. The highest BCUT2D eigenvalue weighted by molar-refractivity contribution is 5.79. The summed E-state index contributed by atoms with van der Waals surface area (Å²) in [5.41, 5.74) is 7.67. The van der Waals surface area contributed by atoms with E-state index in [1.54, 1.807) is 6.07 Å². The molecule has 0 saturated heterocycles. The third-order valence-corrected chi connectivity index (χ3v) is 7.07. The standard InChI is InChI=1S/C30H27FN4.C2H4O.C2H6/c1-19-7-13-24(25(31)17-19)27-15-16-28-30(33-27)35-29(34-28)23-12-14-26(32-18-23)22-10-8-21(9-11-22)20-5-3-2-4-6-20;1-2-3;1-2/h7-18,20H,2-6H2,1H3,(H,33,34,35);2-3H,1H2;1-2H3. The molecule has 6 heteroatoms. The lowest BCUT2D eigenvalue weighted by Crippen LogP contribution is -2.04. The third-order valence-electron chi connectivity index (χ3n) is 7.07. The molecule has 0 spiro atoms. The number of hydrogen-bond donors (Lipinski definition) is 2. The van der Waals surface area contributed by atoms with Gasteiger partial charge in [0.05, 0.1) is 23.2 Å². The average molecular weight is 537 g/mol. The second-order valence-corrected chi connectivity index (χ2v) is 9.71. The Bertz CT molecular complexity index is 1540. The van der Waals surface area contributed by atoms with Crippen LogP contribution in [-0.2, 0) is 0 Å². The molecular weight excluding hydrogens is 499 g/mol. The lowest BCUT2D eigenvalue weighted by Gasteiger charge is -2.22. The zero-order chi connectivity index (χ0) is 28.5. The number of aromatic nitrogens is 4. The number of nitrogens with zero attached hydrogens (tertiary/aromatic N) is 3. The van der Waals surface area contributed by atoms with Gasteiger partial charge in [-0.3, -0.25) is 4.98 Å². The molecule has 2 N–H and O–H groups in total. The monoisotopic (exact) mass is 536 g/mol. The lowest BCUT2D eigenvalue weighted by atomic mass is 9.84. The van der Waals surface area contributed by atoms with Crippen LogP contribution in [0, 0.1) is 12.7 Å². The first-order chi connectivity index (χ1) is 19.6. The van der Waals surface area contributed by atoms with Crippen molar-refractivity contribution in [3.8, 4) is 33.9 Å². The maximum absolute atomic E-state index is 14.4. The fourth-order valence-corrected chi connectivity index (χ4v) is 5.07. The zero-order valence-corrected chi connectivity index (χ0v) is 23.5. The molecule has 1 aliphatic carbocycles. The van der Waals surface area contributed by atoms with Gasteiger partial charge in [0.1, 0.15) is 11.6 Å². The number of aryl methyl sites for hydroxylation is 1. The summed E-state index contributed by atoms with van der Waals surface area (Å²) < 4.78 is 14.4. The molecule has 40 heavy (non-hydrogen) atoms. The highest BCUT2D eigenvalue weighted by atomic mass is 19.1. The summed E-state index contributed by atoms with van der Waals surface area (Å²) in [5, 5.41) is 7.33. The van der Waals surface area contributed by atoms with Crippen LogP contribution in [-0.4, -0.2) is 25.0 Å². The summed E-state index contributed by atoms with van der Waals surface area (Å²) in [4.78, 5) is 17.2. The molecule has 206 valence electrons. The number of aliphatic hydroxyl groups excluding tert-OH is 1. The van der Waals surface area contributed by atoms with Crippen LogP contribution in [0.4, 0.5) is 4.39 Å². The van der Waals surface area contributed by atoms with Gasteiger partial charge in [-0.1, -0.05) is 70.0 Å². The van der Waals surface area contributed by atoms with Gasteiger partial charge in [-0.25, -0.2) is 14.4 Å². The van der Waals surface area contributed by atoms with E-state index in [2.05, 4.69) is 45.8 Å². The molecule has 0 unspecified atom stereocenters. The van der Waals surface area contributed by atoms with Crippen molar-refractivity contribution in [3.63, 3.8) is 0 Å². The van der Waals surface area contributed by atoms with Crippen molar-refractivity contribution in [1.29, 1.82) is 0 Å². The zero-order valence-electron chi connectivity index (χ0n) is 23.5. The molecule has 0 aliphatic heterocycles. The maximum Gasteiger partial charge on any atom is 0.178 e. The van der Waals surface area contributed by atoms with Crippen molar-refractivity contribution in [3.05, 3.63) is 103 Å². The third kappa shape index (κ3) is 6.63. The molecule has 5 aromatic rings. The molecule has 3 heterocycles.